The van der Waals surface area contributed by atoms with Gasteiger partial charge in [0.05, 0.1) is 17.5 Å². The summed E-state index contributed by atoms with van der Waals surface area (Å²) in [6.45, 7) is 1.32. The molecule has 3 aromatic rings. The van der Waals surface area contributed by atoms with Crippen LogP contribution in [0.15, 0.2) is 57.9 Å². The number of aromatic nitrogens is 2. The molecule has 3 N–H and O–H groups in total. The highest BCUT2D eigenvalue weighted by Crippen LogP contribution is 2.34. The molecule has 28 heavy (non-hydrogen) atoms. The van der Waals surface area contributed by atoms with E-state index in [2.05, 4.69) is 10.4 Å². The zero-order valence-corrected chi connectivity index (χ0v) is 14.5. The maximum absolute atomic E-state index is 13.1. The van der Waals surface area contributed by atoms with Crippen LogP contribution in [0.3, 0.4) is 0 Å². The van der Waals surface area contributed by atoms with Gasteiger partial charge in [0.1, 0.15) is 17.4 Å². The number of halogens is 3. The van der Waals surface area contributed by atoms with Gasteiger partial charge >= 0.3 is 6.18 Å². The molecule has 0 radical (unpaired) electrons. The fraction of sp³-hybridized carbons (Fsp3) is 0.167. The van der Waals surface area contributed by atoms with Crippen LogP contribution in [0, 0.1) is 0 Å². The number of rotatable bonds is 4. The highest BCUT2D eigenvalue weighted by molar-refractivity contribution is 5.94. The second-order valence-electron chi connectivity index (χ2n) is 5.92. The molecule has 1 aromatic carbocycles. The molecule has 0 bridgehead atoms. The molecule has 10 heteroatoms. The third-order valence-corrected chi connectivity index (χ3v) is 3.97. The van der Waals surface area contributed by atoms with Crippen LogP contribution >= 0.6 is 0 Å². The highest BCUT2D eigenvalue weighted by Gasteiger charge is 2.34. The van der Waals surface area contributed by atoms with Crippen molar-refractivity contribution in [1.82, 2.24) is 9.78 Å². The minimum Gasteiger partial charge on any atom is -0.463 e. The monoisotopic (exact) mass is 392 g/mol. The first-order valence-electron chi connectivity index (χ1n) is 8.09. The lowest BCUT2D eigenvalue weighted by atomic mass is 10.1. The molecule has 0 spiro atoms. The topological polar surface area (TPSA) is 103 Å². The van der Waals surface area contributed by atoms with Gasteiger partial charge in [0.25, 0.3) is 5.56 Å². The first-order chi connectivity index (χ1) is 13.2. The first-order valence-corrected chi connectivity index (χ1v) is 8.09. The zero-order valence-electron chi connectivity index (χ0n) is 14.5. The Morgan fingerprint density at radius 2 is 1.96 bits per heavy atom. The van der Waals surface area contributed by atoms with Crippen molar-refractivity contribution in [2.45, 2.75) is 19.1 Å². The maximum Gasteiger partial charge on any atom is 0.418 e. The summed E-state index contributed by atoms with van der Waals surface area (Å²) in [4.78, 5) is 24.8. The van der Waals surface area contributed by atoms with Gasteiger partial charge in [-0.3, -0.25) is 9.59 Å². The highest BCUT2D eigenvalue weighted by atomic mass is 19.4. The van der Waals surface area contributed by atoms with E-state index in [-0.39, 0.29) is 11.4 Å². The number of nitrogens with two attached hydrogens (primary N) is 1. The molecular formula is C18H15F3N4O3. The van der Waals surface area contributed by atoms with E-state index in [1.54, 1.807) is 12.1 Å². The number of nitrogens with zero attached hydrogens (tertiary/aromatic N) is 2. The average molecular weight is 392 g/mol. The lowest BCUT2D eigenvalue weighted by Crippen LogP contribution is -2.35. The van der Waals surface area contributed by atoms with E-state index in [0.717, 1.165) is 16.8 Å². The van der Waals surface area contributed by atoms with Crippen LogP contribution in [0.4, 0.5) is 24.5 Å². The molecule has 2 aromatic heterocycles. The molecule has 0 aliphatic rings. The first kappa shape index (κ1) is 19.2. The number of benzene rings is 1. The van der Waals surface area contributed by atoms with Gasteiger partial charge in [-0.15, -0.1) is 0 Å². The van der Waals surface area contributed by atoms with Crippen LogP contribution in [0.25, 0.3) is 11.5 Å². The van der Waals surface area contributed by atoms with E-state index in [1.807, 2.05) is 0 Å². The molecule has 7 nitrogen and oxygen atoms in total. The number of anilines is 2. The van der Waals surface area contributed by atoms with Gasteiger partial charge in [0, 0.05) is 0 Å². The van der Waals surface area contributed by atoms with Crippen molar-refractivity contribution in [1.29, 1.82) is 0 Å². The standard InChI is InChI=1S/C18H15F3N4O3/c1-10(16(26)23-13-6-3-2-5-11(13)18(19,20)21)25-17(27)12(22)9-14(24-25)15-7-4-8-28-15/h2-10H,22H2,1H3,(H,23,26). The van der Waals surface area contributed by atoms with Crippen LogP contribution in [-0.2, 0) is 11.0 Å². The fourth-order valence-corrected chi connectivity index (χ4v) is 2.53. The van der Waals surface area contributed by atoms with Crippen molar-refractivity contribution in [3.63, 3.8) is 0 Å². The number of nitrogen functional groups attached to an aromatic ring is 1. The predicted octanol–water partition coefficient (Wildman–Crippen LogP) is 3.30. The summed E-state index contributed by atoms with van der Waals surface area (Å²) in [5.74, 6) is -0.544. The van der Waals surface area contributed by atoms with Gasteiger partial charge in [0.2, 0.25) is 5.91 Å². The van der Waals surface area contributed by atoms with E-state index in [9.17, 15) is 22.8 Å². The summed E-state index contributed by atoms with van der Waals surface area (Å²) >= 11 is 0. The summed E-state index contributed by atoms with van der Waals surface area (Å²) in [7, 11) is 0. The van der Waals surface area contributed by atoms with Crippen molar-refractivity contribution >= 4 is 17.3 Å². The number of furan rings is 1. The van der Waals surface area contributed by atoms with Gasteiger partial charge in [-0.1, -0.05) is 12.1 Å². The largest absolute Gasteiger partial charge is 0.463 e. The Morgan fingerprint density at radius 3 is 2.61 bits per heavy atom. The summed E-state index contributed by atoms with van der Waals surface area (Å²) in [6, 6.07) is 7.79. The summed E-state index contributed by atoms with van der Waals surface area (Å²) in [5.41, 5.74) is 3.56. The lowest BCUT2D eigenvalue weighted by Gasteiger charge is -2.18. The number of amides is 1. The Bertz CT molecular complexity index is 1060. The second-order valence-corrected chi connectivity index (χ2v) is 5.92. The minimum absolute atomic E-state index is 0.184. The van der Waals surface area contributed by atoms with Crippen LogP contribution < -0.4 is 16.6 Å². The second kappa shape index (κ2) is 7.22. The SMILES string of the molecule is CC(C(=O)Nc1ccccc1C(F)(F)F)n1nc(-c2ccco2)cc(N)c1=O. The number of carbonyl (C=O) groups is 1. The Kier molecular flexibility index (Phi) is 4.95. The molecule has 0 aliphatic carbocycles. The third-order valence-electron chi connectivity index (χ3n) is 3.97. The Labute approximate surface area is 156 Å². The van der Waals surface area contributed by atoms with Crippen molar-refractivity contribution in [3.8, 4) is 11.5 Å². The van der Waals surface area contributed by atoms with Crippen LogP contribution in [-0.4, -0.2) is 15.7 Å². The smallest absolute Gasteiger partial charge is 0.418 e. The molecule has 1 amide bonds. The Morgan fingerprint density at radius 1 is 1.25 bits per heavy atom. The molecule has 0 saturated heterocycles. The van der Waals surface area contributed by atoms with Crippen LogP contribution in [0.1, 0.15) is 18.5 Å². The van der Waals surface area contributed by atoms with E-state index in [4.69, 9.17) is 10.2 Å². The lowest BCUT2D eigenvalue weighted by molar-refractivity contribution is -0.137. The molecule has 2 heterocycles. The maximum atomic E-state index is 13.1. The number of hydrogen-bond donors (Lipinski definition) is 2. The quantitative estimate of drug-likeness (QED) is 0.709. The average Bonchev–Trinajstić information content (AvgIpc) is 3.17. The predicted molar refractivity (Wildman–Crippen MR) is 95.4 cm³/mol. The molecule has 3 rings (SSSR count). The van der Waals surface area contributed by atoms with E-state index >= 15 is 0 Å². The molecule has 0 saturated carbocycles. The normalized spacial score (nSPS) is 12.6. The van der Waals surface area contributed by atoms with Crippen LogP contribution in [0.2, 0.25) is 0 Å². The van der Waals surface area contributed by atoms with Crippen LogP contribution in [0.5, 0.6) is 0 Å². The van der Waals surface area contributed by atoms with Gasteiger partial charge in [-0.2, -0.15) is 18.3 Å². The summed E-state index contributed by atoms with van der Waals surface area (Å²) < 4.78 is 45.3. The molecule has 1 unspecified atom stereocenters. The van der Waals surface area contributed by atoms with E-state index in [0.29, 0.717) is 5.76 Å². The fourth-order valence-electron chi connectivity index (χ4n) is 2.53. The Hall–Kier alpha value is -3.56. The van der Waals surface area contributed by atoms with E-state index in [1.165, 1.54) is 31.4 Å². The number of nitrogens with one attached hydrogen (secondary N) is 1. The van der Waals surface area contributed by atoms with Crippen molar-refractivity contribution in [2.24, 2.45) is 0 Å². The Balaban J connectivity index is 1.94. The van der Waals surface area contributed by atoms with Crippen molar-refractivity contribution in [2.75, 3.05) is 11.1 Å². The van der Waals surface area contributed by atoms with Crippen molar-refractivity contribution < 1.29 is 22.4 Å². The number of carbonyl (C=O) groups excluding carboxylic acids is 1. The molecule has 0 fully saturated rings. The number of hydrogen-bond acceptors (Lipinski definition) is 5. The minimum atomic E-state index is -4.65. The molecule has 0 aliphatic heterocycles. The molecule has 146 valence electrons. The molecular weight excluding hydrogens is 377 g/mol. The van der Waals surface area contributed by atoms with E-state index < -0.39 is 34.9 Å². The third kappa shape index (κ3) is 3.75. The number of alkyl halides is 3. The zero-order chi connectivity index (χ0) is 20.5. The number of para-hydroxylation sites is 1. The summed E-state index contributed by atoms with van der Waals surface area (Å²) in [6.07, 6.45) is -3.25. The van der Waals surface area contributed by atoms with Gasteiger partial charge in [-0.05, 0) is 37.3 Å². The molecule has 1 atom stereocenters. The van der Waals surface area contributed by atoms with Gasteiger partial charge < -0.3 is 15.5 Å². The van der Waals surface area contributed by atoms with Gasteiger partial charge in [-0.25, -0.2) is 4.68 Å². The van der Waals surface area contributed by atoms with Crippen molar-refractivity contribution in [3.05, 3.63) is 64.6 Å². The summed E-state index contributed by atoms with van der Waals surface area (Å²) in [5, 5.41) is 6.25. The van der Waals surface area contributed by atoms with Gasteiger partial charge in [0.15, 0.2) is 5.76 Å².